The quantitative estimate of drug-likeness (QED) is 0.518. The highest BCUT2D eigenvalue weighted by atomic mass is 35.5. The van der Waals surface area contributed by atoms with Crippen LogP contribution in [0.2, 0.25) is 5.02 Å². The van der Waals surface area contributed by atoms with Gasteiger partial charge in [0.25, 0.3) is 5.69 Å². The van der Waals surface area contributed by atoms with Gasteiger partial charge in [0.2, 0.25) is 15.7 Å². The molecule has 3 rings (SSSR count). The number of oxazole rings is 1. The Morgan fingerprint density at radius 2 is 2.00 bits per heavy atom. The van der Waals surface area contributed by atoms with Crippen molar-refractivity contribution in [1.82, 2.24) is 4.98 Å². The number of para-hydroxylation sites is 2. The van der Waals surface area contributed by atoms with Gasteiger partial charge in [-0.05, 0) is 18.2 Å². The van der Waals surface area contributed by atoms with Gasteiger partial charge < -0.3 is 9.73 Å². The van der Waals surface area contributed by atoms with E-state index in [1.54, 1.807) is 24.3 Å². The van der Waals surface area contributed by atoms with E-state index in [4.69, 9.17) is 16.0 Å². The monoisotopic (exact) mass is 395 g/mol. The van der Waals surface area contributed by atoms with E-state index in [1.165, 1.54) is 6.07 Å². The minimum absolute atomic E-state index is 0.0308. The third-order valence-corrected chi connectivity index (χ3v) is 4.97. The summed E-state index contributed by atoms with van der Waals surface area (Å²) in [7, 11) is -4.15. The van der Waals surface area contributed by atoms with Gasteiger partial charge >= 0.3 is 5.22 Å². The highest BCUT2D eigenvalue weighted by Crippen LogP contribution is 2.27. The van der Waals surface area contributed by atoms with Crippen LogP contribution in [0.3, 0.4) is 0 Å². The fourth-order valence-corrected chi connectivity index (χ4v) is 3.29. The molecule has 1 N–H and O–H groups in total. The van der Waals surface area contributed by atoms with Crippen molar-refractivity contribution in [2.45, 2.75) is 5.22 Å². The molecule has 1 amide bonds. The van der Waals surface area contributed by atoms with Crippen molar-refractivity contribution in [1.29, 1.82) is 0 Å². The minimum Gasteiger partial charge on any atom is -0.428 e. The second-order valence-electron chi connectivity index (χ2n) is 5.18. The van der Waals surface area contributed by atoms with Gasteiger partial charge in [-0.1, -0.05) is 23.7 Å². The average Bonchev–Trinajstić information content (AvgIpc) is 3.01. The lowest BCUT2D eigenvalue weighted by molar-refractivity contribution is -0.384. The lowest BCUT2D eigenvalue weighted by Gasteiger charge is -2.06. The van der Waals surface area contributed by atoms with Crippen LogP contribution in [-0.4, -0.2) is 30.0 Å². The lowest BCUT2D eigenvalue weighted by Crippen LogP contribution is -2.23. The molecule has 1 aromatic heterocycles. The zero-order chi connectivity index (χ0) is 18.9. The molecule has 11 heteroatoms. The van der Waals surface area contributed by atoms with E-state index in [1.807, 2.05) is 0 Å². The number of halogens is 1. The topological polar surface area (TPSA) is 132 Å². The number of hydrogen-bond donors (Lipinski definition) is 1. The number of anilines is 1. The highest BCUT2D eigenvalue weighted by molar-refractivity contribution is 7.91. The fraction of sp³-hybridized carbons (Fsp3) is 0.0667. The number of benzene rings is 2. The standard InChI is InChI=1S/C15H10ClN3O6S/c16-10-6-5-9(19(21)22)7-12(10)17-14(20)8-26(23,24)15-18-11-3-1-2-4-13(11)25-15/h1-7H,8H2,(H,17,20). The summed E-state index contributed by atoms with van der Waals surface area (Å²) in [5.41, 5.74) is 0.242. The summed E-state index contributed by atoms with van der Waals surface area (Å²) in [5, 5.41) is 12.5. The van der Waals surface area contributed by atoms with E-state index in [0.717, 1.165) is 12.1 Å². The smallest absolute Gasteiger partial charge is 0.316 e. The first-order chi connectivity index (χ1) is 12.3. The number of sulfone groups is 1. The molecule has 0 saturated heterocycles. The Balaban J connectivity index is 1.81. The second kappa shape index (κ2) is 6.73. The van der Waals surface area contributed by atoms with Crippen molar-refractivity contribution in [2.24, 2.45) is 0 Å². The molecular weight excluding hydrogens is 386 g/mol. The molecule has 0 aliphatic heterocycles. The average molecular weight is 396 g/mol. The summed E-state index contributed by atoms with van der Waals surface area (Å²) >= 11 is 5.87. The number of nitro benzene ring substituents is 1. The summed E-state index contributed by atoms with van der Waals surface area (Å²) in [5.74, 6) is -1.89. The minimum atomic E-state index is -4.15. The number of aromatic nitrogens is 1. The zero-order valence-electron chi connectivity index (χ0n) is 12.9. The Labute approximate surface area is 151 Å². The third-order valence-electron chi connectivity index (χ3n) is 3.30. The van der Waals surface area contributed by atoms with Crippen LogP contribution in [0, 0.1) is 10.1 Å². The van der Waals surface area contributed by atoms with Crippen LogP contribution in [-0.2, 0) is 14.6 Å². The van der Waals surface area contributed by atoms with Crippen LogP contribution in [0.15, 0.2) is 52.1 Å². The van der Waals surface area contributed by atoms with Gasteiger partial charge in [-0.2, -0.15) is 4.98 Å². The summed E-state index contributed by atoms with van der Waals surface area (Å²) in [6, 6.07) is 9.86. The third kappa shape index (κ3) is 3.65. The number of fused-ring (bicyclic) bond motifs is 1. The van der Waals surface area contributed by atoms with E-state index in [2.05, 4.69) is 10.3 Å². The molecular formula is C15H10ClN3O6S. The van der Waals surface area contributed by atoms with Crippen LogP contribution in [0.4, 0.5) is 11.4 Å². The number of nitro groups is 1. The molecule has 134 valence electrons. The van der Waals surface area contributed by atoms with E-state index in [0.29, 0.717) is 5.52 Å². The SMILES string of the molecule is O=C(CS(=O)(=O)c1nc2ccccc2o1)Nc1cc([N+](=O)[O-])ccc1Cl. The molecule has 0 bridgehead atoms. The van der Waals surface area contributed by atoms with Crippen LogP contribution < -0.4 is 5.32 Å². The molecule has 1 heterocycles. The predicted octanol–water partition coefficient (Wildman–Crippen LogP) is 2.80. The van der Waals surface area contributed by atoms with Crippen LogP contribution in [0.25, 0.3) is 11.1 Å². The molecule has 0 aliphatic carbocycles. The lowest BCUT2D eigenvalue weighted by atomic mass is 10.3. The Morgan fingerprint density at radius 1 is 1.27 bits per heavy atom. The first kappa shape index (κ1) is 17.8. The Bertz CT molecular complexity index is 1090. The first-order valence-electron chi connectivity index (χ1n) is 7.08. The second-order valence-corrected chi connectivity index (χ2v) is 7.45. The van der Waals surface area contributed by atoms with Gasteiger partial charge in [0.1, 0.15) is 11.3 Å². The number of carbonyl (C=O) groups excluding carboxylic acids is 1. The molecule has 0 atom stereocenters. The molecule has 9 nitrogen and oxygen atoms in total. The molecule has 0 saturated carbocycles. The Kier molecular flexibility index (Phi) is 4.62. The maximum atomic E-state index is 12.3. The molecule has 26 heavy (non-hydrogen) atoms. The Hall–Kier alpha value is -2.98. The fourth-order valence-electron chi connectivity index (χ4n) is 2.13. The van der Waals surface area contributed by atoms with E-state index in [-0.39, 0.29) is 22.0 Å². The highest BCUT2D eigenvalue weighted by Gasteiger charge is 2.26. The number of nitrogens with one attached hydrogen (secondary N) is 1. The van der Waals surface area contributed by atoms with Crippen molar-refractivity contribution < 1.29 is 22.6 Å². The van der Waals surface area contributed by atoms with Crippen molar-refractivity contribution >= 4 is 49.8 Å². The number of amides is 1. The summed E-state index contributed by atoms with van der Waals surface area (Å²) < 4.78 is 29.8. The number of carbonyl (C=O) groups is 1. The predicted molar refractivity (Wildman–Crippen MR) is 92.8 cm³/mol. The van der Waals surface area contributed by atoms with Gasteiger partial charge in [0, 0.05) is 12.1 Å². The first-order valence-corrected chi connectivity index (χ1v) is 9.11. The van der Waals surface area contributed by atoms with Crippen molar-refractivity contribution in [3.8, 4) is 0 Å². The Morgan fingerprint density at radius 3 is 2.69 bits per heavy atom. The van der Waals surface area contributed by atoms with Crippen molar-refractivity contribution in [2.75, 3.05) is 11.1 Å². The van der Waals surface area contributed by atoms with Crippen molar-refractivity contribution in [3.63, 3.8) is 0 Å². The van der Waals surface area contributed by atoms with Gasteiger partial charge in [-0.25, -0.2) is 8.42 Å². The molecule has 0 fully saturated rings. The number of non-ortho nitro benzene ring substituents is 1. The largest absolute Gasteiger partial charge is 0.428 e. The summed E-state index contributed by atoms with van der Waals surface area (Å²) in [4.78, 5) is 26.0. The zero-order valence-corrected chi connectivity index (χ0v) is 14.5. The maximum absolute atomic E-state index is 12.3. The van der Waals surface area contributed by atoms with Crippen LogP contribution in [0.1, 0.15) is 0 Å². The molecule has 2 aromatic carbocycles. The van der Waals surface area contributed by atoms with Gasteiger partial charge in [-0.15, -0.1) is 0 Å². The van der Waals surface area contributed by atoms with E-state index >= 15 is 0 Å². The van der Waals surface area contributed by atoms with Crippen LogP contribution in [0.5, 0.6) is 0 Å². The molecule has 3 aromatic rings. The number of rotatable bonds is 5. The number of nitrogens with zero attached hydrogens (tertiary/aromatic N) is 2. The van der Waals surface area contributed by atoms with E-state index < -0.39 is 31.6 Å². The summed E-state index contributed by atoms with van der Waals surface area (Å²) in [6.07, 6.45) is 0. The normalized spacial score (nSPS) is 11.4. The van der Waals surface area contributed by atoms with Crippen LogP contribution >= 0.6 is 11.6 Å². The van der Waals surface area contributed by atoms with E-state index in [9.17, 15) is 23.3 Å². The molecule has 0 radical (unpaired) electrons. The summed E-state index contributed by atoms with van der Waals surface area (Å²) in [6.45, 7) is 0. The molecule has 0 spiro atoms. The molecule has 0 unspecified atom stereocenters. The van der Waals surface area contributed by atoms with Crippen molar-refractivity contribution in [3.05, 3.63) is 57.6 Å². The molecule has 0 aliphatic rings. The van der Waals surface area contributed by atoms with Gasteiger partial charge in [-0.3, -0.25) is 14.9 Å². The van der Waals surface area contributed by atoms with Gasteiger partial charge in [0.15, 0.2) is 5.58 Å². The maximum Gasteiger partial charge on any atom is 0.316 e. The van der Waals surface area contributed by atoms with Gasteiger partial charge in [0.05, 0.1) is 15.6 Å². The number of hydrogen-bond acceptors (Lipinski definition) is 7.